The maximum atomic E-state index is 10.2. The second kappa shape index (κ2) is 6.38. The summed E-state index contributed by atoms with van der Waals surface area (Å²) < 4.78 is 0. The Bertz CT molecular complexity index is 212. The minimum Gasteiger partial charge on any atom is -0.481 e. The molecule has 0 aromatic heterocycles. The van der Waals surface area contributed by atoms with Crippen molar-refractivity contribution in [1.82, 2.24) is 0 Å². The second-order valence-electron chi connectivity index (χ2n) is 2.43. The molecular weight excluding hydrogens is 156 g/mol. The molecule has 0 aliphatic rings. The van der Waals surface area contributed by atoms with Gasteiger partial charge < -0.3 is 5.11 Å². The van der Waals surface area contributed by atoms with Crippen molar-refractivity contribution in [2.24, 2.45) is 0 Å². The molecule has 3 heteroatoms. The van der Waals surface area contributed by atoms with Gasteiger partial charge in [0.25, 0.3) is 0 Å². The van der Waals surface area contributed by atoms with Gasteiger partial charge in [0, 0.05) is 12.0 Å². The van der Waals surface area contributed by atoms with E-state index in [1.165, 1.54) is 0 Å². The molecule has 0 amide bonds. The molecular formula is C9H12O3. The Morgan fingerprint density at radius 2 is 2.08 bits per heavy atom. The second-order valence-corrected chi connectivity index (χ2v) is 2.43. The van der Waals surface area contributed by atoms with Crippen molar-refractivity contribution < 1.29 is 14.7 Å². The fourth-order valence-electron chi connectivity index (χ4n) is 0.761. The Morgan fingerprint density at radius 1 is 1.42 bits per heavy atom. The summed E-state index contributed by atoms with van der Waals surface area (Å²) >= 11 is 0. The van der Waals surface area contributed by atoms with Gasteiger partial charge in [-0.05, 0) is 19.3 Å². The first-order valence-electron chi connectivity index (χ1n) is 3.76. The number of carbonyl (C=O) groups is 1. The Hall–Kier alpha value is -1.34. The Labute approximate surface area is 71.4 Å². The Kier molecular flexibility index (Phi) is 5.66. The predicted octanol–water partition coefficient (Wildman–Crippen LogP) is 1.58. The van der Waals surface area contributed by atoms with Crippen LogP contribution in [0.3, 0.4) is 0 Å². The first-order chi connectivity index (χ1) is 5.70. The monoisotopic (exact) mass is 168 g/mol. The van der Waals surface area contributed by atoms with E-state index >= 15 is 0 Å². The number of allylic oxidation sites excluding steroid dienone is 2. The van der Waals surface area contributed by atoms with Gasteiger partial charge in [-0.2, -0.15) is 0 Å². The van der Waals surface area contributed by atoms with Crippen LogP contribution in [0.1, 0.15) is 25.7 Å². The molecule has 0 aliphatic heterocycles. The topological polar surface area (TPSA) is 54.4 Å². The highest BCUT2D eigenvalue weighted by Gasteiger charge is 2.01. The van der Waals surface area contributed by atoms with Crippen LogP contribution >= 0.6 is 0 Å². The van der Waals surface area contributed by atoms with Gasteiger partial charge in [0.05, 0.1) is 0 Å². The van der Waals surface area contributed by atoms with Crippen molar-refractivity contribution in [3.8, 4) is 0 Å². The average Bonchev–Trinajstić information content (AvgIpc) is 2.05. The molecule has 0 rings (SSSR count). The summed E-state index contributed by atoms with van der Waals surface area (Å²) in [5.41, 5.74) is 0.525. The molecule has 66 valence electrons. The zero-order chi connectivity index (χ0) is 9.40. The predicted molar refractivity (Wildman–Crippen MR) is 45.5 cm³/mol. The molecule has 0 saturated heterocycles. The zero-order valence-electron chi connectivity index (χ0n) is 6.88. The molecule has 0 bridgehead atoms. The summed E-state index contributed by atoms with van der Waals surface area (Å²) in [4.78, 5) is 20.4. The number of aliphatic carboxylic acids is 1. The highest BCUT2D eigenvalue weighted by molar-refractivity contribution is 5.68. The van der Waals surface area contributed by atoms with Crippen LogP contribution in [0.25, 0.3) is 0 Å². The van der Waals surface area contributed by atoms with Gasteiger partial charge >= 0.3 is 5.97 Å². The van der Waals surface area contributed by atoms with E-state index < -0.39 is 5.97 Å². The van der Waals surface area contributed by atoms with Crippen LogP contribution in [-0.2, 0) is 9.59 Å². The van der Waals surface area contributed by atoms with E-state index in [9.17, 15) is 9.59 Å². The summed E-state index contributed by atoms with van der Waals surface area (Å²) in [5, 5.41) is 8.32. The number of rotatable bonds is 6. The van der Waals surface area contributed by atoms with Crippen LogP contribution in [0.2, 0.25) is 0 Å². The van der Waals surface area contributed by atoms with Gasteiger partial charge in [-0.3, -0.25) is 4.79 Å². The van der Waals surface area contributed by atoms with E-state index in [0.717, 1.165) is 0 Å². The number of carbonyl (C=O) groups excluding carboxylic acids is 1. The fourth-order valence-corrected chi connectivity index (χ4v) is 0.761. The minimum atomic E-state index is -0.888. The fraction of sp³-hybridized carbons (Fsp3) is 0.444. The molecule has 0 atom stereocenters. The SMILES string of the molecule is C=CCCC(=C=O)CCC(=O)O. The van der Waals surface area contributed by atoms with E-state index in [-0.39, 0.29) is 6.42 Å². The molecule has 0 fully saturated rings. The maximum absolute atomic E-state index is 10.2. The lowest BCUT2D eigenvalue weighted by atomic mass is 10.1. The molecule has 0 heterocycles. The van der Waals surface area contributed by atoms with Crippen molar-refractivity contribution in [2.45, 2.75) is 25.7 Å². The van der Waals surface area contributed by atoms with E-state index in [1.54, 1.807) is 12.0 Å². The van der Waals surface area contributed by atoms with E-state index in [1.807, 2.05) is 0 Å². The van der Waals surface area contributed by atoms with Crippen LogP contribution in [0.5, 0.6) is 0 Å². The third-order valence-corrected chi connectivity index (χ3v) is 1.44. The zero-order valence-corrected chi connectivity index (χ0v) is 6.88. The van der Waals surface area contributed by atoms with Gasteiger partial charge in [0.2, 0.25) is 0 Å². The third-order valence-electron chi connectivity index (χ3n) is 1.44. The number of carboxylic acids is 1. The molecule has 0 radical (unpaired) electrons. The molecule has 3 nitrogen and oxygen atoms in total. The normalized spacial score (nSPS) is 8.67. The number of hydrogen-bond acceptors (Lipinski definition) is 2. The standard InChI is InChI=1S/C9H12O3/c1-2-3-4-8(7-10)5-6-9(11)12/h2H,1,3-6H2,(H,11,12). The van der Waals surface area contributed by atoms with E-state index in [0.29, 0.717) is 24.8 Å². The molecule has 12 heavy (non-hydrogen) atoms. The third kappa shape index (κ3) is 5.45. The Balaban J connectivity index is 3.77. The number of hydrogen-bond donors (Lipinski definition) is 1. The van der Waals surface area contributed by atoms with Crippen LogP contribution in [0, 0.1) is 0 Å². The number of carboxylic acid groups (broad SMARTS) is 1. The highest BCUT2D eigenvalue weighted by atomic mass is 16.4. The van der Waals surface area contributed by atoms with Crippen molar-refractivity contribution in [1.29, 1.82) is 0 Å². The van der Waals surface area contributed by atoms with Gasteiger partial charge in [0.1, 0.15) is 5.94 Å². The molecule has 0 aromatic rings. The molecule has 0 aliphatic carbocycles. The summed E-state index contributed by atoms with van der Waals surface area (Å²) in [6.07, 6.45) is 3.26. The first-order valence-corrected chi connectivity index (χ1v) is 3.76. The van der Waals surface area contributed by atoms with Crippen molar-refractivity contribution in [3.05, 3.63) is 18.2 Å². The van der Waals surface area contributed by atoms with Crippen molar-refractivity contribution >= 4 is 11.9 Å². The lowest BCUT2D eigenvalue weighted by Crippen LogP contribution is -1.96. The molecule has 0 saturated carbocycles. The molecule has 0 aromatic carbocycles. The van der Waals surface area contributed by atoms with Crippen LogP contribution in [0.15, 0.2) is 18.2 Å². The summed E-state index contributed by atoms with van der Waals surface area (Å²) in [5.74, 6) is 0.860. The van der Waals surface area contributed by atoms with Gasteiger partial charge in [0.15, 0.2) is 0 Å². The molecule has 0 unspecified atom stereocenters. The Morgan fingerprint density at radius 3 is 2.50 bits per heavy atom. The highest BCUT2D eigenvalue weighted by Crippen LogP contribution is 2.08. The molecule has 0 spiro atoms. The molecule has 1 N–H and O–H groups in total. The quantitative estimate of drug-likeness (QED) is 0.484. The summed E-state index contributed by atoms with van der Waals surface area (Å²) in [7, 11) is 0. The van der Waals surface area contributed by atoms with Gasteiger partial charge in [-0.15, -0.1) is 6.58 Å². The minimum absolute atomic E-state index is 0.00170. The van der Waals surface area contributed by atoms with Crippen LogP contribution in [-0.4, -0.2) is 17.0 Å². The summed E-state index contributed by atoms with van der Waals surface area (Å²) in [6, 6.07) is 0. The summed E-state index contributed by atoms with van der Waals surface area (Å²) in [6.45, 7) is 3.50. The van der Waals surface area contributed by atoms with Gasteiger partial charge in [-0.1, -0.05) is 6.08 Å². The lowest BCUT2D eigenvalue weighted by molar-refractivity contribution is -0.136. The smallest absolute Gasteiger partial charge is 0.303 e. The van der Waals surface area contributed by atoms with Crippen molar-refractivity contribution in [2.75, 3.05) is 0 Å². The van der Waals surface area contributed by atoms with Crippen molar-refractivity contribution in [3.63, 3.8) is 0 Å². The largest absolute Gasteiger partial charge is 0.481 e. The lowest BCUT2D eigenvalue weighted by Gasteiger charge is -1.97. The van der Waals surface area contributed by atoms with E-state index in [2.05, 4.69) is 6.58 Å². The van der Waals surface area contributed by atoms with Crippen LogP contribution < -0.4 is 0 Å². The van der Waals surface area contributed by atoms with E-state index in [4.69, 9.17) is 5.11 Å². The van der Waals surface area contributed by atoms with Crippen LogP contribution in [0.4, 0.5) is 0 Å². The first kappa shape index (κ1) is 10.7. The van der Waals surface area contributed by atoms with Gasteiger partial charge in [-0.25, -0.2) is 4.79 Å². The maximum Gasteiger partial charge on any atom is 0.303 e. The average molecular weight is 168 g/mol.